The fourth-order valence-electron chi connectivity index (χ4n) is 3.94. The van der Waals surface area contributed by atoms with Gasteiger partial charge in [-0.1, -0.05) is 41.9 Å². The first kappa shape index (κ1) is 15.2. The van der Waals surface area contributed by atoms with Gasteiger partial charge in [0, 0.05) is 21.8 Å². The van der Waals surface area contributed by atoms with E-state index < -0.39 is 5.72 Å². The Labute approximate surface area is 145 Å². The summed E-state index contributed by atoms with van der Waals surface area (Å²) in [5.74, 6) is 0.879. The maximum atomic E-state index is 6.59. The van der Waals surface area contributed by atoms with Crippen molar-refractivity contribution in [3.63, 3.8) is 0 Å². The van der Waals surface area contributed by atoms with Gasteiger partial charge in [-0.3, -0.25) is 9.89 Å². The molecule has 0 radical (unpaired) electrons. The minimum atomic E-state index is -0.457. The van der Waals surface area contributed by atoms with Crippen LogP contribution in [0.2, 0.25) is 0 Å². The first-order valence-corrected chi connectivity index (χ1v) is 8.90. The summed E-state index contributed by atoms with van der Waals surface area (Å²) < 4.78 is 7.67. The Kier molecular flexibility index (Phi) is 3.33. The molecule has 1 saturated heterocycles. The number of halogens is 1. The predicted octanol–water partition coefficient (Wildman–Crippen LogP) is 5.15. The first-order valence-electron chi connectivity index (χ1n) is 8.11. The predicted molar refractivity (Wildman–Crippen MR) is 98.8 cm³/mol. The smallest absolute Gasteiger partial charge is 0.204 e. The minimum absolute atomic E-state index is 0.0237. The third-order valence-corrected chi connectivity index (χ3v) is 5.88. The molecule has 0 amide bonds. The molecule has 0 bridgehead atoms. The van der Waals surface area contributed by atoms with Gasteiger partial charge >= 0.3 is 0 Å². The van der Waals surface area contributed by atoms with E-state index in [0.717, 1.165) is 34.3 Å². The van der Waals surface area contributed by atoms with Crippen LogP contribution in [0.1, 0.15) is 26.7 Å². The van der Waals surface area contributed by atoms with E-state index in [4.69, 9.17) is 9.73 Å². The van der Waals surface area contributed by atoms with E-state index in [1.807, 2.05) is 6.21 Å². The van der Waals surface area contributed by atoms with E-state index in [9.17, 15) is 0 Å². The molecule has 2 aromatic carbocycles. The van der Waals surface area contributed by atoms with Crippen LogP contribution < -0.4 is 4.74 Å². The van der Waals surface area contributed by atoms with Crippen molar-refractivity contribution in [1.29, 1.82) is 0 Å². The number of aliphatic imine (C=N–C) groups is 1. The molecule has 2 heterocycles. The quantitative estimate of drug-likeness (QED) is 0.638. The van der Waals surface area contributed by atoms with Crippen LogP contribution in [0.3, 0.4) is 0 Å². The fourth-order valence-corrected chi connectivity index (χ4v) is 4.31. The topological polar surface area (TPSA) is 24.8 Å². The van der Waals surface area contributed by atoms with Crippen molar-refractivity contribution in [2.45, 2.75) is 32.4 Å². The zero-order chi connectivity index (χ0) is 16.2. The molecule has 1 atom stereocenters. The largest absolute Gasteiger partial charge is 0.464 e. The SMILES string of the molecule is CN1CCCC(C)(C)C12C=Nc1c(ccc3cc(Br)ccc13)O2. The Balaban J connectivity index is 1.87. The van der Waals surface area contributed by atoms with Gasteiger partial charge < -0.3 is 4.74 Å². The van der Waals surface area contributed by atoms with Crippen LogP contribution in [0.15, 0.2) is 39.8 Å². The highest BCUT2D eigenvalue weighted by molar-refractivity contribution is 9.10. The molecular weight excluding hydrogens is 352 g/mol. The molecular formula is C19H21BrN2O. The standard InChI is InChI=1S/C19H21BrN2O/c1-18(2)9-4-10-22(3)19(18)12-21-17-15-7-6-14(20)11-13(15)5-8-16(17)23-19/h5-8,11-12H,4,9-10H2,1-3H3. The summed E-state index contributed by atoms with van der Waals surface area (Å²) in [7, 11) is 2.14. The van der Waals surface area contributed by atoms with Crippen molar-refractivity contribution in [2.75, 3.05) is 13.6 Å². The van der Waals surface area contributed by atoms with E-state index in [2.05, 4.69) is 72.1 Å². The molecule has 0 aliphatic carbocycles. The summed E-state index contributed by atoms with van der Waals surface area (Å²) in [6, 6.07) is 10.4. The molecule has 3 nitrogen and oxygen atoms in total. The maximum Gasteiger partial charge on any atom is 0.204 e. The first-order chi connectivity index (χ1) is 10.9. The second kappa shape index (κ2) is 5.05. The number of piperidine rings is 1. The molecule has 1 spiro atoms. The van der Waals surface area contributed by atoms with Crippen LogP contribution in [0, 0.1) is 5.41 Å². The van der Waals surface area contributed by atoms with E-state index in [1.165, 1.54) is 11.8 Å². The van der Waals surface area contributed by atoms with Crippen molar-refractivity contribution in [3.8, 4) is 5.75 Å². The summed E-state index contributed by atoms with van der Waals surface area (Å²) in [5.41, 5.74) is 0.507. The number of rotatable bonds is 0. The molecule has 1 fully saturated rings. The van der Waals surface area contributed by atoms with E-state index >= 15 is 0 Å². The molecule has 0 saturated carbocycles. The van der Waals surface area contributed by atoms with Crippen molar-refractivity contribution >= 4 is 38.6 Å². The minimum Gasteiger partial charge on any atom is -0.464 e. The zero-order valence-electron chi connectivity index (χ0n) is 13.8. The average molecular weight is 373 g/mol. The summed E-state index contributed by atoms with van der Waals surface area (Å²) in [4.78, 5) is 7.17. The van der Waals surface area contributed by atoms with Crippen LogP contribution in [-0.2, 0) is 0 Å². The summed E-state index contributed by atoms with van der Waals surface area (Å²) in [6.07, 6.45) is 4.36. The van der Waals surface area contributed by atoms with E-state index in [0.29, 0.717) is 0 Å². The van der Waals surface area contributed by atoms with Gasteiger partial charge in [-0.05, 0) is 43.5 Å². The van der Waals surface area contributed by atoms with Gasteiger partial charge in [0.2, 0.25) is 5.72 Å². The molecule has 0 N–H and O–H groups in total. The van der Waals surface area contributed by atoms with E-state index in [-0.39, 0.29) is 5.41 Å². The van der Waals surface area contributed by atoms with Gasteiger partial charge in [-0.15, -0.1) is 0 Å². The lowest BCUT2D eigenvalue weighted by Gasteiger charge is -2.53. The summed E-state index contributed by atoms with van der Waals surface area (Å²) in [6.45, 7) is 5.58. The normalized spacial score (nSPS) is 26.3. The van der Waals surface area contributed by atoms with Crippen molar-refractivity contribution in [3.05, 3.63) is 34.8 Å². The van der Waals surface area contributed by atoms with E-state index in [1.54, 1.807) is 0 Å². The number of hydrogen-bond acceptors (Lipinski definition) is 3. The van der Waals surface area contributed by atoms with Crippen LogP contribution in [0.5, 0.6) is 5.75 Å². The number of likely N-dealkylation sites (tertiary alicyclic amines) is 1. The summed E-state index contributed by atoms with van der Waals surface area (Å²) >= 11 is 3.53. The van der Waals surface area contributed by atoms with Gasteiger partial charge in [-0.25, -0.2) is 0 Å². The lowest BCUT2D eigenvalue weighted by molar-refractivity contribution is -0.122. The third-order valence-electron chi connectivity index (χ3n) is 5.38. The van der Waals surface area contributed by atoms with Crippen LogP contribution in [-0.4, -0.2) is 30.4 Å². The second-order valence-electron chi connectivity index (χ2n) is 7.24. The molecule has 23 heavy (non-hydrogen) atoms. The highest BCUT2D eigenvalue weighted by Crippen LogP contribution is 2.49. The molecule has 2 aliphatic heterocycles. The third kappa shape index (κ3) is 2.15. The molecule has 2 aliphatic rings. The monoisotopic (exact) mass is 372 g/mol. The number of hydrogen-bond donors (Lipinski definition) is 0. The molecule has 0 aromatic heterocycles. The van der Waals surface area contributed by atoms with Crippen LogP contribution >= 0.6 is 15.9 Å². The second-order valence-corrected chi connectivity index (χ2v) is 8.16. The number of benzene rings is 2. The number of fused-ring (bicyclic) bond motifs is 3. The van der Waals surface area contributed by atoms with Crippen LogP contribution in [0.25, 0.3) is 10.8 Å². The van der Waals surface area contributed by atoms with Crippen LogP contribution in [0.4, 0.5) is 5.69 Å². The average Bonchev–Trinajstić information content (AvgIpc) is 2.52. The number of ether oxygens (including phenoxy) is 1. The Morgan fingerprint density at radius 2 is 2.04 bits per heavy atom. The van der Waals surface area contributed by atoms with Gasteiger partial charge in [0.25, 0.3) is 0 Å². The zero-order valence-corrected chi connectivity index (χ0v) is 15.4. The molecule has 4 rings (SSSR count). The van der Waals surface area contributed by atoms with Gasteiger partial charge in [0.15, 0.2) is 0 Å². The van der Waals surface area contributed by atoms with Crippen molar-refractivity contribution in [1.82, 2.24) is 4.90 Å². The molecule has 4 heteroatoms. The Morgan fingerprint density at radius 3 is 2.83 bits per heavy atom. The molecule has 1 unspecified atom stereocenters. The summed E-state index contributed by atoms with van der Waals surface area (Å²) in [5, 5.41) is 2.30. The molecule has 120 valence electrons. The van der Waals surface area contributed by atoms with Gasteiger partial charge in [-0.2, -0.15) is 0 Å². The highest BCUT2D eigenvalue weighted by atomic mass is 79.9. The lowest BCUT2D eigenvalue weighted by atomic mass is 9.73. The number of nitrogens with zero attached hydrogens (tertiary/aromatic N) is 2. The molecule has 2 aromatic rings. The van der Waals surface area contributed by atoms with Crippen molar-refractivity contribution in [2.24, 2.45) is 10.4 Å². The fraction of sp³-hybridized carbons (Fsp3) is 0.421. The maximum absolute atomic E-state index is 6.59. The lowest BCUT2D eigenvalue weighted by Crippen LogP contribution is -2.65. The van der Waals surface area contributed by atoms with Gasteiger partial charge in [0.1, 0.15) is 11.4 Å². The Bertz CT molecular complexity index is 814. The Hall–Kier alpha value is -1.39. The van der Waals surface area contributed by atoms with Gasteiger partial charge in [0.05, 0.1) is 6.21 Å². The van der Waals surface area contributed by atoms with Crippen molar-refractivity contribution < 1.29 is 4.74 Å². The Morgan fingerprint density at radius 1 is 1.22 bits per heavy atom. The highest BCUT2D eigenvalue weighted by Gasteiger charge is 2.53.